The average Bonchev–Trinajstić information content (AvgIpc) is 2.26. The molecule has 3 nitrogen and oxygen atoms in total. The highest BCUT2D eigenvalue weighted by Crippen LogP contribution is 2.31. The van der Waals surface area contributed by atoms with Crippen molar-refractivity contribution < 1.29 is 9.53 Å². The number of fused-ring (bicyclic) bond motifs is 1. The number of hydrogen-bond donors (Lipinski definition) is 0. The molecule has 0 spiro atoms. The van der Waals surface area contributed by atoms with Crippen LogP contribution in [-0.2, 0) is 4.74 Å². The molecule has 2 fully saturated rings. The van der Waals surface area contributed by atoms with Gasteiger partial charge in [-0.15, -0.1) is 0 Å². The summed E-state index contributed by atoms with van der Waals surface area (Å²) in [6.07, 6.45) is 7.22. The first-order valence-electron chi connectivity index (χ1n) is 6.27. The summed E-state index contributed by atoms with van der Waals surface area (Å²) in [4.78, 5) is 13.6. The fourth-order valence-electron chi connectivity index (χ4n) is 2.63. The van der Waals surface area contributed by atoms with Crippen LogP contribution in [0.4, 0.5) is 4.79 Å². The first-order valence-corrected chi connectivity index (χ1v) is 6.27. The predicted octanol–water partition coefficient (Wildman–Crippen LogP) is 2.80. The highest BCUT2D eigenvalue weighted by molar-refractivity contribution is 5.68. The molecule has 1 saturated carbocycles. The molecular weight excluding hydrogens is 190 g/mol. The molecule has 1 amide bonds. The highest BCUT2D eigenvalue weighted by atomic mass is 16.6. The van der Waals surface area contributed by atoms with E-state index in [1.165, 1.54) is 19.3 Å². The number of carbonyl (C=O) groups excluding carboxylic acids is 1. The molecule has 15 heavy (non-hydrogen) atoms. The molecule has 0 aromatic rings. The van der Waals surface area contributed by atoms with Gasteiger partial charge in [0.1, 0.15) is 6.10 Å². The molecule has 86 valence electrons. The van der Waals surface area contributed by atoms with Crippen molar-refractivity contribution in [3.8, 4) is 0 Å². The van der Waals surface area contributed by atoms with E-state index in [9.17, 15) is 4.79 Å². The lowest BCUT2D eigenvalue weighted by Crippen LogP contribution is -2.49. The zero-order valence-electron chi connectivity index (χ0n) is 9.58. The topological polar surface area (TPSA) is 29.5 Å². The van der Waals surface area contributed by atoms with Gasteiger partial charge >= 0.3 is 6.09 Å². The summed E-state index contributed by atoms with van der Waals surface area (Å²) in [5.74, 6) is 0.605. The number of rotatable bonds is 3. The predicted molar refractivity (Wildman–Crippen MR) is 58.7 cm³/mol. The SMILES string of the molecule is CCCCN1C[C@@H]2CCCC[C@@H]2OC1=O. The van der Waals surface area contributed by atoms with E-state index in [2.05, 4.69) is 6.92 Å². The largest absolute Gasteiger partial charge is 0.446 e. The molecule has 2 rings (SSSR count). The van der Waals surface area contributed by atoms with Crippen LogP contribution < -0.4 is 0 Å². The van der Waals surface area contributed by atoms with E-state index in [4.69, 9.17) is 4.74 Å². The van der Waals surface area contributed by atoms with Gasteiger partial charge in [0.2, 0.25) is 0 Å². The third kappa shape index (κ3) is 2.44. The van der Waals surface area contributed by atoms with Crippen molar-refractivity contribution in [1.82, 2.24) is 4.90 Å². The quantitative estimate of drug-likeness (QED) is 0.718. The number of nitrogens with zero attached hydrogens (tertiary/aromatic N) is 1. The van der Waals surface area contributed by atoms with Gasteiger partial charge in [-0.2, -0.15) is 0 Å². The van der Waals surface area contributed by atoms with Gasteiger partial charge < -0.3 is 9.64 Å². The maximum Gasteiger partial charge on any atom is 0.410 e. The van der Waals surface area contributed by atoms with Crippen molar-refractivity contribution >= 4 is 6.09 Å². The molecule has 1 saturated heterocycles. The van der Waals surface area contributed by atoms with Gasteiger partial charge in [-0.25, -0.2) is 4.79 Å². The summed E-state index contributed by atoms with van der Waals surface area (Å²) in [5, 5.41) is 0. The summed E-state index contributed by atoms with van der Waals surface area (Å²) in [5.41, 5.74) is 0. The van der Waals surface area contributed by atoms with E-state index < -0.39 is 0 Å². The molecule has 0 aromatic carbocycles. The average molecular weight is 211 g/mol. The molecule has 0 aromatic heterocycles. The molecule has 0 radical (unpaired) electrons. The van der Waals surface area contributed by atoms with Crippen molar-refractivity contribution in [3.63, 3.8) is 0 Å². The molecule has 2 aliphatic rings. The van der Waals surface area contributed by atoms with Crippen LogP contribution in [0.15, 0.2) is 0 Å². The van der Waals surface area contributed by atoms with Crippen LogP contribution in [0, 0.1) is 5.92 Å². The van der Waals surface area contributed by atoms with E-state index in [1.54, 1.807) is 0 Å². The fourth-order valence-corrected chi connectivity index (χ4v) is 2.63. The van der Waals surface area contributed by atoms with Crippen molar-refractivity contribution in [3.05, 3.63) is 0 Å². The third-order valence-corrected chi connectivity index (χ3v) is 3.59. The van der Waals surface area contributed by atoms with Crippen molar-refractivity contribution in [2.45, 2.75) is 51.6 Å². The second-order valence-electron chi connectivity index (χ2n) is 4.77. The number of hydrogen-bond acceptors (Lipinski definition) is 2. The van der Waals surface area contributed by atoms with E-state index in [0.29, 0.717) is 5.92 Å². The maximum atomic E-state index is 11.7. The van der Waals surface area contributed by atoms with Crippen molar-refractivity contribution in [2.24, 2.45) is 5.92 Å². The number of unbranched alkanes of at least 4 members (excludes halogenated alkanes) is 1. The smallest absolute Gasteiger partial charge is 0.410 e. The lowest BCUT2D eigenvalue weighted by Gasteiger charge is -2.40. The standard InChI is InChI=1S/C12H21NO2/c1-2-3-8-13-9-10-6-4-5-7-11(10)15-12(13)14/h10-11H,2-9H2,1H3/t10-,11-/m0/s1. The summed E-state index contributed by atoms with van der Waals surface area (Å²) < 4.78 is 5.49. The minimum Gasteiger partial charge on any atom is -0.446 e. The molecule has 0 unspecified atom stereocenters. The Morgan fingerprint density at radius 2 is 2.20 bits per heavy atom. The van der Waals surface area contributed by atoms with Gasteiger partial charge in [0.25, 0.3) is 0 Å². The Kier molecular flexibility index (Phi) is 3.49. The van der Waals surface area contributed by atoms with Gasteiger partial charge in [-0.1, -0.05) is 19.8 Å². The Labute approximate surface area is 91.8 Å². The maximum absolute atomic E-state index is 11.7. The van der Waals surface area contributed by atoms with Crippen LogP contribution in [0.5, 0.6) is 0 Å². The van der Waals surface area contributed by atoms with Crippen LogP contribution in [-0.4, -0.2) is 30.2 Å². The molecule has 0 bridgehead atoms. The third-order valence-electron chi connectivity index (χ3n) is 3.59. The molecular formula is C12H21NO2. The number of amides is 1. The second kappa shape index (κ2) is 4.86. The van der Waals surface area contributed by atoms with Gasteiger partial charge in [0.05, 0.1) is 0 Å². The van der Waals surface area contributed by atoms with E-state index in [-0.39, 0.29) is 12.2 Å². The van der Waals surface area contributed by atoms with Gasteiger partial charge in [0.15, 0.2) is 0 Å². The molecule has 0 N–H and O–H groups in total. The van der Waals surface area contributed by atoms with Crippen molar-refractivity contribution in [2.75, 3.05) is 13.1 Å². The Morgan fingerprint density at radius 3 is 3.00 bits per heavy atom. The van der Waals surface area contributed by atoms with Crippen LogP contribution in [0.3, 0.4) is 0 Å². The number of carbonyl (C=O) groups is 1. The molecule has 1 aliphatic carbocycles. The minimum atomic E-state index is -0.0772. The van der Waals surface area contributed by atoms with Crippen molar-refractivity contribution in [1.29, 1.82) is 0 Å². The minimum absolute atomic E-state index is 0.0772. The Balaban J connectivity index is 1.89. The van der Waals surface area contributed by atoms with E-state index in [0.717, 1.165) is 32.4 Å². The first-order chi connectivity index (χ1) is 7.31. The van der Waals surface area contributed by atoms with Crippen LogP contribution >= 0.6 is 0 Å². The summed E-state index contributed by atoms with van der Waals surface area (Å²) in [6.45, 7) is 3.96. The molecule has 1 heterocycles. The van der Waals surface area contributed by atoms with E-state index in [1.807, 2.05) is 4.90 Å². The van der Waals surface area contributed by atoms with E-state index >= 15 is 0 Å². The van der Waals surface area contributed by atoms with Gasteiger partial charge in [-0.05, 0) is 25.7 Å². The van der Waals surface area contributed by atoms with Gasteiger partial charge in [-0.3, -0.25) is 0 Å². The highest BCUT2D eigenvalue weighted by Gasteiger charge is 2.36. The summed E-state index contributed by atoms with van der Waals surface area (Å²) >= 11 is 0. The first kappa shape index (κ1) is 10.8. The number of ether oxygens (including phenoxy) is 1. The monoisotopic (exact) mass is 211 g/mol. The lowest BCUT2D eigenvalue weighted by atomic mass is 9.85. The Morgan fingerprint density at radius 1 is 1.40 bits per heavy atom. The Bertz CT molecular complexity index is 230. The normalized spacial score (nSPS) is 31.0. The van der Waals surface area contributed by atoms with Crippen LogP contribution in [0.2, 0.25) is 0 Å². The lowest BCUT2D eigenvalue weighted by molar-refractivity contribution is -0.0301. The molecule has 1 aliphatic heterocycles. The zero-order valence-corrected chi connectivity index (χ0v) is 9.58. The molecule has 3 heteroatoms. The zero-order chi connectivity index (χ0) is 10.7. The Hall–Kier alpha value is -0.730. The summed E-state index contributed by atoms with van der Waals surface area (Å²) in [6, 6.07) is 0. The van der Waals surface area contributed by atoms with Crippen LogP contribution in [0.1, 0.15) is 45.4 Å². The van der Waals surface area contributed by atoms with Gasteiger partial charge in [0, 0.05) is 19.0 Å². The second-order valence-corrected chi connectivity index (χ2v) is 4.77. The summed E-state index contributed by atoms with van der Waals surface area (Å²) in [7, 11) is 0. The molecule has 2 atom stereocenters. The van der Waals surface area contributed by atoms with Crippen LogP contribution in [0.25, 0.3) is 0 Å². The fraction of sp³-hybridized carbons (Fsp3) is 0.917.